The first-order valence-electron chi connectivity index (χ1n) is 6.35. The van der Waals surface area contributed by atoms with E-state index in [0.717, 1.165) is 18.7 Å². The van der Waals surface area contributed by atoms with E-state index in [0.29, 0.717) is 6.54 Å². The predicted octanol–water partition coefficient (Wildman–Crippen LogP) is 1.75. The number of nitrogens with one attached hydrogen (secondary N) is 2. The third kappa shape index (κ3) is 4.82. The molecule has 2 rings (SSSR count). The number of halogens is 1. The molecule has 106 valence electrons. The zero-order valence-corrected chi connectivity index (χ0v) is 12.2. The number of ether oxygens (including phenoxy) is 1. The number of rotatable bonds is 5. The summed E-state index contributed by atoms with van der Waals surface area (Å²) >= 11 is 0. The van der Waals surface area contributed by atoms with Crippen molar-refractivity contribution in [2.75, 3.05) is 6.61 Å². The van der Waals surface area contributed by atoms with Gasteiger partial charge >= 0.3 is 0 Å². The number of hydrogen-bond donors (Lipinski definition) is 2. The molecule has 0 saturated heterocycles. The largest absolute Gasteiger partial charge is 0.369 e. The Kier molecular flexibility index (Phi) is 6.28. The Balaban J connectivity index is 0.00000180. The van der Waals surface area contributed by atoms with Crippen LogP contribution in [0.3, 0.4) is 0 Å². The molecule has 0 unspecified atom stereocenters. The molecule has 1 heterocycles. The Morgan fingerprint density at radius 3 is 2.84 bits per heavy atom. The molecule has 0 saturated carbocycles. The molecule has 1 aromatic carbocycles. The van der Waals surface area contributed by atoms with Gasteiger partial charge in [-0.15, -0.1) is 12.4 Å². The van der Waals surface area contributed by atoms with Crippen molar-refractivity contribution >= 4 is 18.3 Å². The van der Waals surface area contributed by atoms with E-state index in [9.17, 15) is 4.79 Å². The van der Waals surface area contributed by atoms with Gasteiger partial charge in [0.2, 0.25) is 5.91 Å². The Morgan fingerprint density at radius 2 is 2.11 bits per heavy atom. The first-order valence-corrected chi connectivity index (χ1v) is 6.35. The van der Waals surface area contributed by atoms with Crippen molar-refractivity contribution < 1.29 is 9.53 Å². The van der Waals surface area contributed by atoms with Gasteiger partial charge in [0.15, 0.2) is 0 Å². The van der Waals surface area contributed by atoms with Crippen molar-refractivity contribution in [3.63, 3.8) is 0 Å². The molecule has 5 heteroatoms. The van der Waals surface area contributed by atoms with E-state index >= 15 is 0 Å². The molecule has 1 aliphatic heterocycles. The Hall–Kier alpha value is -1.10. The minimum Gasteiger partial charge on any atom is -0.369 e. The van der Waals surface area contributed by atoms with Crippen LogP contribution < -0.4 is 10.6 Å². The quantitative estimate of drug-likeness (QED) is 0.866. The summed E-state index contributed by atoms with van der Waals surface area (Å²) in [4.78, 5) is 11.5. The van der Waals surface area contributed by atoms with Crippen molar-refractivity contribution in [1.82, 2.24) is 10.6 Å². The van der Waals surface area contributed by atoms with E-state index in [1.54, 1.807) is 0 Å². The van der Waals surface area contributed by atoms with Crippen LogP contribution in [0, 0.1) is 0 Å². The standard InChI is InChI=1S/C14H20N2O2.ClH/c1-10(2)18-9-14(17)16-6-11-3-4-12-7-15-8-13(12)5-11;/h3-5,10,15H,6-9H2,1-2H3,(H,16,17);1H. The second-order valence-corrected chi connectivity index (χ2v) is 4.84. The van der Waals surface area contributed by atoms with Crippen molar-refractivity contribution in [1.29, 1.82) is 0 Å². The van der Waals surface area contributed by atoms with Gasteiger partial charge in [0, 0.05) is 19.6 Å². The van der Waals surface area contributed by atoms with Crippen LogP contribution in [0.15, 0.2) is 18.2 Å². The Morgan fingerprint density at radius 1 is 1.37 bits per heavy atom. The van der Waals surface area contributed by atoms with Gasteiger partial charge in [-0.2, -0.15) is 0 Å². The Bertz CT molecular complexity index is 435. The highest BCUT2D eigenvalue weighted by molar-refractivity contribution is 5.85. The molecular formula is C14H21ClN2O2. The molecule has 1 amide bonds. The lowest BCUT2D eigenvalue weighted by atomic mass is 10.1. The molecule has 0 spiro atoms. The first-order chi connectivity index (χ1) is 8.65. The fourth-order valence-electron chi connectivity index (χ4n) is 1.95. The van der Waals surface area contributed by atoms with Gasteiger partial charge in [-0.05, 0) is 30.5 Å². The number of carbonyl (C=O) groups is 1. The highest BCUT2D eigenvalue weighted by Crippen LogP contribution is 2.16. The summed E-state index contributed by atoms with van der Waals surface area (Å²) in [5, 5.41) is 6.17. The van der Waals surface area contributed by atoms with Crippen molar-refractivity contribution in [3.8, 4) is 0 Å². The van der Waals surface area contributed by atoms with Crippen LogP contribution in [-0.2, 0) is 29.2 Å². The van der Waals surface area contributed by atoms with E-state index < -0.39 is 0 Å². The van der Waals surface area contributed by atoms with Crippen LogP contribution in [0.2, 0.25) is 0 Å². The zero-order valence-electron chi connectivity index (χ0n) is 11.4. The van der Waals surface area contributed by atoms with Gasteiger partial charge in [-0.25, -0.2) is 0 Å². The van der Waals surface area contributed by atoms with Crippen molar-refractivity contribution in [2.24, 2.45) is 0 Å². The summed E-state index contributed by atoms with van der Waals surface area (Å²) in [6.07, 6.45) is 0.0850. The van der Waals surface area contributed by atoms with Gasteiger partial charge in [0.1, 0.15) is 6.61 Å². The molecule has 0 aromatic heterocycles. The fraction of sp³-hybridized carbons (Fsp3) is 0.500. The molecule has 0 bridgehead atoms. The lowest BCUT2D eigenvalue weighted by Gasteiger charge is -2.09. The molecule has 0 aliphatic carbocycles. The van der Waals surface area contributed by atoms with Gasteiger partial charge in [0.05, 0.1) is 6.10 Å². The van der Waals surface area contributed by atoms with Crippen LogP contribution in [0.4, 0.5) is 0 Å². The van der Waals surface area contributed by atoms with E-state index in [4.69, 9.17) is 4.74 Å². The lowest BCUT2D eigenvalue weighted by molar-refractivity contribution is -0.127. The van der Waals surface area contributed by atoms with E-state index in [-0.39, 0.29) is 31.0 Å². The van der Waals surface area contributed by atoms with Gasteiger partial charge in [0.25, 0.3) is 0 Å². The number of benzene rings is 1. The smallest absolute Gasteiger partial charge is 0.246 e. The minimum atomic E-state index is -0.0673. The van der Waals surface area contributed by atoms with Crippen LogP contribution in [0.1, 0.15) is 30.5 Å². The molecule has 19 heavy (non-hydrogen) atoms. The molecule has 0 radical (unpaired) electrons. The Labute approximate surface area is 120 Å². The highest BCUT2D eigenvalue weighted by Gasteiger charge is 2.10. The zero-order chi connectivity index (χ0) is 13.0. The number of carbonyl (C=O) groups excluding carboxylic acids is 1. The second-order valence-electron chi connectivity index (χ2n) is 4.84. The summed E-state index contributed by atoms with van der Waals surface area (Å²) < 4.78 is 5.24. The predicted molar refractivity (Wildman–Crippen MR) is 77.2 cm³/mol. The molecule has 2 N–H and O–H groups in total. The van der Waals surface area contributed by atoms with Crippen LogP contribution in [0.5, 0.6) is 0 Å². The maximum absolute atomic E-state index is 11.5. The third-order valence-electron chi connectivity index (χ3n) is 2.94. The highest BCUT2D eigenvalue weighted by atomic mass is 35.5. The fourth-order valence-corrected chi connectivity index (χ4v) is 1.95. The number of fused-ring (bicyclic) bond motifs is 1. The summed E-state index contributed by atoms with van der Waals surface area (Å²) in [7, 11) is 0. The normalized spacial score (nSPS) is 13.0. The lowest BCUT2D eigenvalue weighted by Crippen LogP contribution is -2.28. The van der Waals surface area contributed by atoms with Crippen LogP contribution in [0.25, 0.3) is 0 Å². The maximum atomic E-state index is 11.5. The molecule has 1 aromatic rings. The molecule has 0 fully saturated rings. The average Bonchev–Trinajstić information content (AvgIpc) is 2.81. The number of amides is 1. The molecular weight excluding hydrogens is 264 g/mol. The van der Waals surface area contributed by atoms with Crippen molar-refractivity contribution in [3.05, 3.63) is 34.9 Å². The van der Waals surface area contributed by atoms with Gasteiger partial charge in [-0.1, -0.05) is 18.2 Å². The third-order valence-corrected chi connectivity index (χ3v) is 2.94. The number of hydrogen-bond acceptors (Lipinski definition) is 3. The topological polar surface area (TPSA) is 50.4 Å². The summed E-state index contributed by atoms with van der Waals surface area (Å²) in [5.41, 5.74) is 3.82. The molecule has 4 nitrogen and oxygen atoms in total. The summed E-state index contributed by atoms with van der Waals surface area (Å²) in [5.74, 6) is -0.0673. The van der Waals surface area contributed by atoms with Gasteiger partial charge in [-0.3, -0.25) is 4.79 Å². The van der Waals surface area contributed by atoms with E-state index in [1.807, 2.05) is 13.8 Å². The second kappa shape index (κ2) is 7.48. The van der Waals surface area contributed by atoms with Crippen LogP contribution >= 0.6 is 12.4 Å². The van der Waals surface area contributed by atoms with E-state index in [1.165, 1.54) is 11.1 Å². The SMILES string of the molecule is CC(C)OCC(=O)NCc1ccc2c(c1)CNC2.Cl. The molecule has 0 atom stereocenters. The maximum Gasteiger partial charge on any atom is 0.246 e. The average molecular weight is 285 g/mol. The summed E-state index contributed by atoms with van der Waals surface area (Å²) in [6.45, 7) is 6.40. The van der Waals surface area contributed by atoms with Crippen LogP contribution in [-0.4, -0.2) is 18.6 Å². The monoisotopic (exact) mass is 284 g/mol. The minimum absolute atomic E-state index is 0. The van der Waals surface area contributed by atoms with E-state index in [2.05, 4.69) is 28.8 Å². The van der Waals surface area contributed by atoms with Gasteiger partial charge < -0.3 is 15.4 Å². The van der Waals surface area contributed by atoms with Crippen molar-refractivity contribution in [2.45, 2.75) is 39.6 Å². The first kappa shape index (κ1) is 16.0. The summed E-state index contributed by atoms with van der Waals surface area (Å²) in [6, 6.07) is 6.34. The molecule has 1 aliphatic rings.